The van der Waals surface area contributed by atoms with Crippen molar-refractivity contribution in [1.82, 2.24) is 5.32 Å². The van der Waals surface area contributed by atoms with E-state index in [0.717, 1.165) is 43.9 Å². The van der Waals surface area contributed by atoms with E-state index in [1.807, 2.05) is 18.2 Å². The van der Waals surface area contributed by atoms with Gasteiger partial charge in [0.2, 0.25) is 0 Å². The van der Waals surface area contributed by atoms with Gasteiger partial charge in [0.1, 0.15) is 11.5 Å². The zero-order valence-electron chi connectivity index (χ0n) is 10.0. The van der Waals surface area contributed by atoms with Gasteiger partial charge in [-0.3, -0.25) is 10.2 Å². The number of rotatable bonds is 2. The third kappa shape index (κ3) is 2.16. The third-order valence-corrected chi connectivity index (χ3v) is 3.15. The number of ether oxygens (including phenoxy) is 1. The molecular formula is C13H15N3O2. The molecule has 1 aromatic rings. The maximum absolute atomic E-state index is 11.5. The van der Waals surface area contributed by atoms with E-state index in [1.165, 1.54) is 5.56 Å². The van der Waals surface area contributed by atoms with Crippen LogP contribution in [0, 0.1) is 0 Å². The van der Waals surface area contributed by atoms with Gasteiger partial charge in [0, 0.05) is 13.0 Å². The normalized spacial score (nSPS) is 20.2. The van der Waals surface area contributed by atoms with Gasteiger partial charge < -0.3 is 10.1 Å². The van der Waals surface area contributed by atoms with Crippen LogP contribution in [0.25, 0.3) is 0 Å². The summed E-state index contributed by atoms with van der Waals surface area (Å²) in [5.41, 5.74) is 5.60. The smallest absolute Gasteiger partial charge is 0.267 e. The van der Waals surface area contributed by atoms with E-state index >= 15 is 0 Å². The first-order valence-corrected chi connectivity index (χ1v) is 6.19. The Labute approximate surface area is 105 Å². The minimum atomic E-state index is -0.0711. The number of nitrogens with one attached hydrogen (secondary N) is 2. The van der Waals surface area contributed by atoms with Gasteiger partial charge in [-0.1, -0.05) is 0 Å². The molecule has 2 N–H and O–H groups in total. The fourth-order valence-corrected chi connectivity index (χ4v) is 2.17. The van der Waals surface area contributed by atoms with Crippen molar-refractivity contribution in [1.29, 1.82) is 0 Å². The van der Waals surface area contributed by atoms with Gasteiger partial charge >= 0.3 is 0 Å². The van der Waals surface area contributed by atoms with Crippen molar-refractivity contribution >= 4 is 17.3 Å². The number of carbonyl (C=O) groups is 1. The molecule has 0 radical (unpaired) electrons. The molecule has 2 heterocycles. The molecule has 0 atom stereocenters. The summed E-state index contributed by atoms with van der Waals surface area (Å²) in [6, 6.07) is 5.87. The topological polar surface area (TPSA) is 62.7 Å². The summed E-state index contributed by atoms with van der Waals surface area (Å²) in [5.74, 6) is 0.877. The largest absolute Gasteiger partial charge is 0.493 e. The van der Waals surface area contributed by atoms with Crippen LogP contribution < -0.4 is 15.5 Å². The Kier molecular flexibility index (Phi) is 2.88. The molecule has 18 heavy (non-hydrogen) atoms. The van der Waals surface area contributed by atoms with Crippen LogP contribution in [0.2, 0.25) is 0 Å². The van der Waals surface area contributed by atoms with Crippen molar-refractivity contribution in [2.24, 2.45) is 5.10 Å². The van der Waals surface area contributed by atoms with E-state index in [2.05, 4.69) is 15.8 Å². The highest BCUT2D eigenvalue weighted by molar-refractivity contribution is 6.39. The predicted octanol–water partition coefficient (Wildman–Crippen LogP) is 1.30. The molecule has 5 nitrogen and oxygen atoms in total. The lowest BCUT2D eigenvalue weighted by Crippen LogP contribution is -2.37. The summed E-state index contributed by atoms with van der Waals surface area (Å²) in [6.45, 7) is 1.49. The minimum Gasteiger partial charge on any atom is -0.493 e. The number of benzene rings is 1. The molecule has 0 unspecified atom stereocenters. The molecule has 1 amide bonds. The van der Waals surface area contributed by atoms with Crippen LogP contribution in [-0.4, -0.2) is 24.8 Å². The standard InChI is InChI=1S/C13H15N3O2/c17-13-11(2-1-6-14-13)16-15-10-3-4-12-9(8-10)5-7-18-12/h3-4,8,15H,1-2,5-7H2,(H,14,17). The number of amides is 1. The van der Waals surface area contributed by atoms with Crippen molar-refractivity contribution in [2.75, 3.05) is 18.6 Å². The van der Waals surface area contributed by atoms with Crippen LogP contribution in [0.15, 0.2) is 23.3 Å². The zero-order valence-corrected chi connectivity index (χ0v) is 10.0. The highest BCUT2D eigenvalue weighted by Gasteiger charge is 2.16. The van der Waals surface area contributed by atoms with Crippen molar-refractivity contribution in [3.8, 4) is 5.75 Å². The number of anilines is 1. The number of carbonyl (C=O) groups excluding carboxylic acids is 1. The molecule has 2 aliphatic rings. The molecule has 0 saturated carbocycles. The van der Waals surface area contributed by atoms with Gasteiger partial charge in [0.05, 0.1) is 12.3 Å². The Balaban J connectivity index is 1.73. The van der Waals surface area contributed by atoms with E-state index in [9.17, 15) is 4.79 Å². The first-order chi connectivity index (χ1) is 8.83. The second-order valence-corrected chi connectivity index (χ2v) is 4.45. The molecule has 1 saturated heterocycles. The maximum Gasteiger partial charge on any atom is 0.267 e. The summed E-state index contributed by atoms with van der Waals surface area (Å²) in [6.07, 6.45) is 2.61. The van der Waals surface area contributed by atoms with E-state index in [-0.39, 0.29) is 5.91 Å². The van der Waals surface area contributed by atoms with Gasteiger partial charge in [-0.05, 0) is 36.6 Å². The van der Waals surface area contributed by atoms with Gasteiger partial charge in [0.25, 0.3) is 5.91 Å². The Morgan fingerprint density at radius 1 is 1.33 bits per heavy atom. The highest BCUT2D eigenvalue weighted by atomic mass is 16.5. The fraction of sp³-hybridized carbons (Fsp3) is 0.385. The fourth-order valence-electron chi connectivity index (χ4n) is 2.17. The molecule has 0 aromatic heterocycles. The zero-order chi connectivity index (χ0) is 12.4. The molecule has 3 rings (SSSR count). The molecule has 0 spiro atoms. The third-order valence-electron chi connectivity index (χ3n) is 3.15. The van der Waals surface area contributed by atoms with Crippen LogP contribution in [0.1, 0.15) is 18.4 Å². The average molecular weight is 245 g/mol. The highest BCUT2D eigenvalue weighted by Crippen LogP contribution is 2.27. The van der Waals surface area contributed by atoms with Crippen LogP contribution in [-0.2, 0) is 11.2 Å². The lowest BCUT2D eigenvalue weighted by atomic mass is 10.1. The molecule has 0 bridgehead atoms. The second-order valence-electron chi connectivity index (χ2n) is 4.45. The van der Waals surface area contributed by atoms with E-state index in [1.54, 1.807) is 0 Å². The Hall–Kier alpha value is -2.04. The second kappa shape index (κ2) is 4.68. The SMILES string of the molecule is O=C1NCCCC1=NNc1ccc2c(c1)CCO2. The molecule has 5 heteroatoms. The van der Waals surface area contributed by atoms with Gasteiger partial charge in [0.15, 0.2) is 0 Å². The van der Waals surface area contributed by atoms with Crippen LogP contribution in [0.3, 0.4) is 0 Å². The van der Waals surface area contributed by atoms with Crippen LogP contribution in [0.4, 0.5) is 5.69 Å². The first kappa shape index (κ1) is 11.1. The number of hydrogen-bond donors (Lipinski definition) is 2. The molecule has 0 aliphatic carbocycles. The van der Waals surface area contributed by atoms with Crippen molar-refractivity contribution in [3.05, 3.63) is 23.8 Å². The first-order valence-electron chi connectivity index (χ1n) is 6.19. The summed E-state index contributed by atoms with van der Waals surface area (Å²) in [4.78, 5) is 11.5. The van der Waals surface area contributed by atoms with Crippen molar-refractivity contribution < 1.29 is 9.53 Å². The van der Waals surface area contributed by atoms with E-state index in [0.29, 0.717) is 5.71 Å². The van der Waals surface area contributed by atoms with Crippen LogP contribution in [0.5, 0.6) is 5.75 Å². The maximum atomic E-state index is 11.5. The molecular weight excluding hydrogens is 230 g/mol. The van der Waals surface area contributed by atoms with Gasteiger partial charge in [-0.2, -0.15) is 5.10 Å². The minimum absolute atomic E-state index is 0.0711. The number of hydrazone groups is 1. The summed E-state index contributed by atoms with van der Waals surface area (Å²) >= 11 is 0. The molecule has 1 aromatic carbocycles. The monoisotopic (exact) mass is 245 g/mol. The average Bonchev–Trinajstić information content (AvgIpc) is 2.85. The lowest BCUT2D eigenvalue weighted by molar-refractivity contribution is -0.115. The number of fused-ring (bicyclic) bond motifs is 1. The molecule has 1 fully saturated rings. The molecule has 2 aliphatic heterocycles. The number of piperidine rings is 1. The number of hydrogen-bond acceptors (Lipinski definition) is 4. The van der Waals surface area contributed by atoms with E-state index < -0.39 is 0 Å². The quantitative estimate of drug-likeness (QED) is 0.772. The Bertz CT molecular complexity index is 511. The van der Waals surface area contributed by atoms with Crippen LogP contribution >= 0.6 is 0 Å². The Morgan fingerprint density at radius 3 is 3.17 bits per heavy atom. The Morgan fingerprint density at radius 2 is 2.28 bits per heavy atom. The number of nitrogens with zero attached hydrogens (tertiary/aromatic N) is 1. The summed E-state index contributed by atoms with van der Waals surface area (Å²) in [7, 11) is 0. The van der Waals surface area contributed by atoms with Gasteiger partial charge in [-0.15, -0.1) is 0 Å². The van der Waals surface area contributed by atoms with E-state index in [4.69, 9.17) is 4.74 Å². The van der Waals surface area contributed by atoms with Gasteiger partial charge in [-0.25, -0.2) is 0 Å². The summed E-state index contributed by atoms with van der Waals surface area (Å²) < 4.78 is 5.44. The van der Waals surface area contributed by atoms with Crippen molar-refractivity contribution in [2.45, 2.75) is 19.3 Å². The predicted molar refractivity (Wildman–Crippen MR) is 68.9 cm³/mol. The lowest BCUT2D eigenvalue weighted by Gasteiger charge is -2.13. The molecule has 94 valence electrons. The summed E-state index contributed by atoms with van der Waals surface area (Å²) in [5, 5.41) is 6.95. The van der Waals surface area contributed by atoms with Crippen molar-refractivity contribution in [3.63, 3.8) is 0 Å².